The minimum absolute atomic E-state index is 0.0183. The first kappa shape index (κ1) is 18.3. The largest absolute Gasteiger partial charge is 0.495 e. The number of halogens is 1. The van der Waals surface area contributed by atoms with Gasteiger partial charge in [-0.25, -0.2) is 8.42 Å². The summed E-state index contributed by atoms with van der Waals surface area (Å²) in [5, 5.41) is 2.89. The lowest BCUT2D eigenvalue weighted by Crippen LogP contribution is -2.34. The fraction of sp³-hybridized carbons (Fsp3) is 0.357. The van der Waals surface area contributed by atoms with Crippen LogP contribution in [-0.4, -0.2) is 40.8 Å². The summed E-state index contributed by atoms with van der Waals surface area (Å²) >= 11 is 6.02. The van der Waals surface area contributed by atoms with Crippen LogP contribution in [0.2, 0.25) is 5.02 Å². The van der Waals surface area contributed by atoms with Crippen molar-refractivity contribution in [1.82, 2.24) is 5.32 Å². The molecule has 8 heteroatoms. The molecule has 0 unspecified atom stereocenters. The van der Waals surface area contributed by atoms with E-state index < -0.39 is 10.0 Å². The molecule has 1 rings (SSSR count). The van der Waals surface area contributed by atoms with Gasteiger partial charge in [-0.15, -0.1) is 6.58 Å². The van der Waals surface area contributed by atoms with E-state index in [9.17, 15) is 13.2 Å². The van der Waals surface area contributed by atoms with Crippen LogP contribution in [0.25, 0.3) is 0 Å². The van der Waals surface area contributed by atoms with E-state index in [2.05, 4.69) is 11.9 Å². The highest BCUT2D eigenvalue weighted by Gasteiger charge is 2.19. The summed E-state index contributed by atoms with van der Waals surface area (Å²) < 4.78 is 30.0. The number of benzene rings is 1. The fourth-order valence-electron chi connectivity index (χ4n) is 1.77. The zero-order chi connectivity index (χ0) is 16.8. The van der Waals surface area contributed by atoms with Crippen molar-refractivity contribution in [3.05, 3.63) is 35.9 Å². The molecule has 0 saturated carbocycles. The smallest absolute Gasteiger partial charge is 0.232 e. The molecular weight excluding hydrogens is 328 g/mol. The molecule has 0 bridgehead atoms. The number of nitrogens with one attached hydrogen (secondary N) is 1. The van der Waals surface area contributed by atoms with E-state index in [0.29, 0.717) is 23.0 Å². The maximum Gasteiger partial charge on any atom is 0.232 e. The van der Waals surface area contributed by atoms with Gasteiger partial charge >= 0.3 is 0 Å². The molecule has 0 saturated heterocycles. The lowest BCUT2D eigenvalue weighted by molar-refractivity contribution is -0.120. The molecule has 0 aliphatic rings. The zero-order valence-electron chi connectivity index (χ0n) is 12.5. The second kappa shape index (κ2) is 8.05. The maximum atomic E-state index is 11.9. The van der Waals surface area contributed by atoms with Crippen LogP contribution >= 0.6 is 11.6 Å². The van der Waals surface area contributed by atoms with Gasteiger partial charge in [-0.2, -0.15) is 0 Å². The van der Waals surface area contributed by atoms with Crippen LogP contribution in [0.5, 0.6) is 5.75 Å². The van der Waals surface area contributed by atoms with Gasteiger partial charge in [0, 0.05) is 19.5 Å². The molecule has 0 fully saturated rings. The average molecular weight is 347 g/mol. The third kappa shape index (κ3) is 5.23. The molecule has 0 aliphatic carbocycles. The van der Waals surface area contributed by atoms with Crippen molar-refractivity contribution in [3.63, 3.8) is 0 Å². The van der Waals surface area contributed by atoms with Crippen LogP contribution in [0, 0.1) is 0 Å². The van der Waals surface area contributed by atoms with Crippen molar-refractivity contribution in [2.24, 2.45) is 0 Å². The number of rotatable bonds is 8. The van der Waals surface area contributed by atoms with Gasteiger partial charge in [-0.3, -0.25) is 9.10 Å². The van der Waals surface area contributed by atoms with Crippen LogP contribution in [0.15, 0.2) is 30.9 Å². The Morgan fingerprint density at radius 1 is 1.50 bits per heavy atom. The fourth-order valence-corrected chi connectivity index (χ4v) is 2.95. The Labute approximate surface area is 135 Å². The van der Waals surface area contributed by atoms with Crippen LogP contribution in [0.1, 0.15) is 6.42 Å². The lowest BCUT2D eigenvalue weighted by Gasteiger charge is -2.22. The summed E-state index contributed by atoms with van der Waals surface area (Å²) in [6, 6.07) is 4.64. The average Bonchev–Trinajstić information content (AvgIpc) is 2.44. The third-order valence-corrected chi connectivity index (χ3v) is 4.30. The predicted molar refractivity (Wildman–Crippen MR) is 88.0 cm³/mol. The monoisotopic (exact) mass is 346 g/mol. The molecule has 0 aromatic heterocycles. The standard InChI is InChI=1S/C14H19ClN2O4S/c1-4-8-16-14(18)7-9-17(22(3,19)20)11-5-6-13(21-2)12(15)10-11/h4-6,10H,1,7-9H2,2-3H3,(H,16,18). The van der Waals surface area contributed by atoms with Gasteiger partial charge in [-0.05, 0) is 18.2 Å². The van der Waals surface area contributed by atoms with Gasteiger partial charge in [0.25, 0.3) is 0 Å². The van der Waals surface area contributed by atoms with Gasteiger partial charge in [-0.1, -0.05) is 17.7 Å². The second-order valence-electron chi connectivity index (χ2n) is 4.50. The molecule has 0 spiro atoms. The predicted octanol–water partition coefficient (Wildman–Crippen LogP) is 1.81. The summed E-state index contributed by atoms with van der Waals surface area (Å²) in [6.07, 6.45) is 2.66. The molecule has 6 nitrogen and oxygen atoms in total. The van der Waals surface area contributed by atoms with Crippen LogP contribution < -0.4 is 14.4 Å². The number of hydrogen-bond acceptors (Lipinski definition) is 4. The van der Waals surface area contributed by atoms with Crippen molar-refractivity contribution >= 4 is 33.2 Å². The minimum atomic E-state index is -3.54. The van der Waals surface area contributed by atoms with E-state index in [4.69, 9.17) is 16.3 Å². The van der Waals surface area contributed by atoms with Gasteiger partial charge < -0.3 is 10.1 Å². The highest BCUT2D eigenvalue weighted by Crippen LogP contribution is 2.30. The normalized spacial score (nSPS) is 10.9. The Morgan fingerprint density at radius 2 is 2.18 bits per heavy atom. The van der Waals surface area contributed by atoms with Crippen molar-refractivity contribution in [2.75, 3.05) is 30.8 Å². The lowest BCUT2D eigenvalue weighted by atomic mass is 10.3. The first-order valence-corrected chi connectivity index (χ1v) is 8.71. The Kier molecular flexibility index (Phi) is 6.70. The maximum absolute atomic E-state index is 11.9. The van der Waals surface area contributed by atoms with Crippen molar-refractivity contribution in [1.29, 1.82) is 0 Å². The van der Waals surface area contributed by atoms with E-state index in [0.717, 1.165) is 10.6 Å². The Hall–Kier alpha value is -1.73. The molecule has 1 N–H and O–H groups in total. The Morgan fingerprint density at radius 3 is 2.68 bits per heavy atom. The molecule has 1 aromatic rings. The Balaban J connectivity index is 2.93. The first-order chi connectivity index (χ1) is 10.3. The molecule has 1 amide bonds. The number of amides is 1. The zero-order valence-corrected chi connectivity index (χ0v) is 14.1. The number of carbonyl (C=O) groups excluding carboxylic acids is 1. The molecular formula is C14H19ClN2O4S. The number of hydrogen-bond donors (Lipinski definition) is 1. The molecule has 0 atom stereocenters. The number of carbonyl (C=O) groups is 1. The van der Waals surface area contributed by atoms with E-state index in [1.807, 2.05) is 0 Å². The highest BCUT2D eigenvalue weighted by atomic mass is 35.5. The van der Waals surface area contributed by atoms with Crippen LogP contribution in [0.3, 0.4) is 0 Å². The second-order valence-corrected chi connectivity index (χ2v) is 6.81. The first-order valence-electron chi connectivity index (χ1n) is 6.48. The van der Waals surface area contributed by atoms with Gasteiger partial charge in [0.15, 0.2) is 0 Å². The number of nitrogens with zero attached hydrogens (tertiary/aromatic N) is 1. The van der Waals surface area contributed by atoms with E-state index >= 15 is 0 Å². The Bertz CT molecular complexity index is 646. The summed E-state index contributed by atoms with van der Waals surface area (Å²) in [5.74, 6) is 0.191. The number of methoxy groups -OCH3 is 1. The quantitative estimate of drug-likeness (QED) is 0.728. The third-order valence-electron chi connectivity index (χ3n) is 2.81. The van der Waals surface area contributed by atoms with Crippen LogP contribution in [-0.2, 0) is 14.8 Å². The summed E-state index contributed by atoms with van der Waals surface area (Å²) in [6.45, 7) is 3.85. The minimum Gasteiger partial charge on any atom is -0.495 e. The van der Waals surface area contributed by atoms with Crippen molar-refractivity contribution < 1.29 is 17.9 Å². The number of sulfonamides is 1. The van der Waals surface area contributed by atoms with Crippen molar-refractivity contribution in [3.8, 4) is 5.75 Å². The molecule has 0 heterocycles. The SMILES string of the molecule is C=CCNC(=O)CCN(c1ccc(OC)c(Cl)c1)S(C)(=O)=O. The van der Waals surface area contributed by atoms with Crippen LogP contribution in [0.4, 0.5) is 5.69 Å². The summed E-state index contributed by atoms with van der Waals surface area (Å²) in [5.41, 5.74) is 0.379. The molecule has 122 valence electrons. The summed E-state index contributed by atoms with van der Waals surface area (Å²) in [7, 11) is -2.07. The highest BCUT2D eigenvalue weighted by molar-refractivity contribution is 7.92. The van der Waals surface area contributed by atoms with E-state index in [1.54, 1.807) is 18.2 Å². The van der Waals surface area contributed by atoms with Gasteiger partial charge in [0.05, 0.1) is 24.1 Å². The van der Waals surface area contributed by atoms with Crippen molar-refractivity contribution in [2.45, 2.75) is 6.42 Å². The van der Waals surface area contributed by atoms with Gasteiger partial charge in [0.1, 0.15) is 5.75 Å². The molecule has 1 aromatic carbocycles. The number of ether oxygens (including phenoxy) is 1. The van der Waals surface area contributed by atoms with E-state index in [-0.39, 0.29) is 18.9 Å². The van der Waals surface area contributed by atoms with E-state index in [1.165, 1.54) is 13.2 Å². The number of anilines is 1. The van der Waals surface area contributed by atoms with Gasteiger partial charge in [0.2, 0.25) is 15.9 Å². The summed E-state index contributed by atoms with van der Waals surface area (Å²) in [4.78, 5) is 11.6. The molecule has 22 heavy (non-hydrogen) atoms. The molecule has 0 radical (unpaired) electrons. The molecule has 0 aliphatic heterocycles. The topological polar surface area (TPSA) is 75.7 Å².